The number of carbonyl (C=O) groups excluding carboxylic acids is 5. The molecular formula is C93H87F20N11O5. The lowest BCUT2D eigenvalue weighted by atomic mass is 10.00. The molecule has 5 aliphatic heterocycles. The lowest BCUT2D eigenvalue weighted by Gasteiger charge is -2.26. The van der Waals surface area contributed by atoms with Crippen LogP contribution in [-0.4, -0.2) is 117 Å². The smallest absolute Gasteiger partial charge is 0.338 e. The molecule has 16 nitrogen and oxygen atoms in total. The number of alkyl halides is 20. The zero-order valence-corrected chi connectivity index (χ0v) is 69.7. The summed E-state index contributed by atoms with van der Waals surface area (Å²) in [5, 5.41) is 0. The van der Waals surface area contributed by atoms with Crippen molar-refractivity contribution in [3.63, 3.8) is 0 Å². The van der Waals surface area contributed by atoms with E-state index in [4.69, 9.17) is 0 Å². The van der Waals surface area contributed by atoms with E-state index in [-0.39, 0.29) is 96.9 Å². The fraction of sp³-hybridized carbons (Fsp3) is 0.366. The lowest BCUT2D eigenvalue weighted by molar-refractivity contribution is -0.145. The van der Waals surface area contributed by atoms with E-state index >= 15 is 0 Å². The number of aromatic nitrogens is 6. The largest absolute Gasteiger partial charge is 0.451 e. The number of hydrogen-bond acceptors (Lipinski definition) is 11. The minimum Gasteiger partial charge on any atom is -0.338 e. The Morgan fingerprint density at radius 3 is 0.760 bits per heavy atom. The summed E-state index contributed by atoms with van der Waals surface area (Å²) in [6, 6.07) is 39.0. The molecule has 10 aromatic rings. The second-order valence-electron chi connectivity index (χ2n) is 31.2. The maximum atomic E-state index is 13.4. The van der Waals surface area contributed by atoms with Crippen LogP contribution in [0.3, 0.4) is 0 Å². The molecule has 5 fully saturated rings. The van der Waals surface area contributed by atoms with Gasteiger partial charge in [0.15, 0.2) is 0 Å². The van der Waals surface area contributed by atoms with Gasteiger partial charge in [-0.2, -0.15) is 65.9 Å². The zero-order chi connectivity index (χ0) is 93.3. The molecule has 0 N–H and O–H groups in total. The third-order valence-corrected chi connectivity index (χ3v) is 22.0. The molecule has 5 aromatic carbocycles. The summed E-state index contributed by atoms with van der Waals surface area (Å²) in [6.07, 6.45) is -13.2. The Bertz CT molecular complexity index is 5430. The van der Waals surface area contributed by atoms with E-state index in [2.05, 4.69) is 29.9 Å². The van der Waals surface area contributed by atoms with Gasteiger partial charge in [-0.05, 0) is 122 Å². The number of pyridine rings is 4. The number of benzene rings is 5. The first-order chi connectivity index (χ1) is 61.2. The monoisotopic (exact) mass is 1820 g/mol. The molecule has 0 unspecified atom stereocenters. The van der Waals surface area contributed by atoms with Crippen molar-refractivity contribution in [2.45, 2.75) is 188 Å². The standard InChI is InChI=1S/C20H20F4N2O.2C19H18F4N2O.C18H16F4N2O.C17H15F4N3O/c1-13-10-17(20(22,23)24)25-19(16(13)11-21)15-7-5-14(6-8-15)12-26-9-3-2-4-18(26)27;1-12-9-16(19(21,22)23)24-18(15(12)10-20)14-6-4-13(5-7-14)11-25-8-2-3-17(25)26;20-11-15-8-9-16(19(21,22)23)24-18(15)14-6-4-13(5-7-14)12-25-10-2-1-3-17(25)26;19-10-14-7-8-15(18(20,21)22)23-17(14)13-5-3-12(4-6-13)11-24-9-1-2-16(24)25;18-8-13-9-22-16(17(19,20)21)23-15(13)12-5-3-11(4-6-12)10-24-7-1-2-14(24)25/h5-8,10H,2-4,9,11-12H2,1H3;4-7,9H,2-3,8,10-11H2,1H3;4-9H,1-3,10-12H2;3-8H,1-2,9-11H2;3-6,9H,1-2,7-8,10H2. The fourth-order valence-electron chi connectivity index (χ4n) is 15.0. The average molecular weight is 1820 g/mol. The van der Waals surface area contributed by atoms with Crippen molar-refractivity contribution in [1.29, 1.82) is 0 Å². The second kappa shape index (κ2) is 42.8. The van der Waals surface area contributed by atoms with Crippen LogP contribution in [0.1, 0.15) is 172 Å². The molecule has 5 amide bonds. The predicted molar refractivity (Wildman–Crippen MR) is 437 cm³/mol. The number of likely N-dealkylation sites (tertiary alicyclic amines) is 5. The quantitative estimate of drug-likeness (QED) is 0.0663. The van der Waals surface area contributed by atoms with Crippen LogP contribution in [0.5, 0.6) is 0 Å². The van der Waals surface area contributed by atoms with E-state index in [0.29, 0.717) is 125 Å². The van der Waals surface area contributed by atoms with Crippen molar-refractivity contribution in [2.75, 3.05) is 32.7 Å². The van der Waals surface area contributed by atoms with Crippen LogP contribution in [0.4, 0.5) is 87.8 Å². The van der Waals surface area contributed by atoms with Gasteiger partial charge >= 0.3 is 30.9 Å². The number of amides is 5. The Morgan fingerprint density at radius 1 is 0.271 bits per heavy atom. The van der Waals surface area contributed by atoms with Gasteiger partial charge in [-0.3, -0.25) is 24.0 Å². The number of halogens is 20. The molecule has 129 heavy (non-hydrogen) atoms. The van der Waals surface area contributed by atoms with Crippen molar-refractivity contribution in [2.24, 2.45) is 0 Å². The minimum atomic E-state index is -4.69. The first kappa shape index (κ1) is 97.3. The van der Waals surface area contributed by atoms with E-state index in [1.807, 2.05) is 0 Å². The first-order valence-corrected chi connectivity index (χ1v) is 41.1. The number of hydrogen-bond donors (Lipinski definition) is 0. The fourth-order valence-corrected chi connectivity index (χ4v) is 15.0. The Morgan fingerprint density at radius 2 is 0.519 bits per heavy atom. The number of rotatable bonds is 20. The van der Waals surface area contributed by atoms with Gasteiger partial charge in [0.25, 0.3) is 0 Å². The molecule has 0 radical (unpaired) electrons. The molecule has 15 rings (SSSR count). The maximum absolute atomic E-state index is 13.4. The molecule has 36 heteroatoms. The van der Waals surface area contributed by atoms with Crippen LogP contribution >= 0.6 is 0 Å². The highest BCUT2D eigenvalue weighted by Crippen LogP contribution is 2.40. The highest BCUT2D eigenvalue weighted by Gasteiger charge is 2.39. The van der Waals surface area contributed by atoms with Crippen molar-refractivity contribution in [3.8, 4) is 56.3 Å². The Balaban J connectivity index is 0.000000156. The summed E-state index contributed by atoms with van der Waals surface area (Å²) in [5.41, 5.74) is 3.08. The lowest BCUT2D eigenvalue weighted by Crippen LogP contribution is -2.34. The summed E-state index contributed by atoms with van der Waals surface area (Å²) in [7, 11) is 0. The normalized spacial score (nSPS) is 15.1. The van der Waals surface area contributed by atoms with Crippen molar-refractivity contribution < 1.29 is 112 Å². The Hall–Kier alpha value is -12.3. The molecular weight excluding hydrogens is 1730 g/mol. The zero-order valence-electron chi connectivity index (χ0n) is 69.7. The third kappa shape index (κ3) is 25.8. The molecule has 0 aliphatic carbocycles. The highest BCUT2D eigenvalue weighted by molar-refractivity contribution is 5.80. The van der Waals surface area contributed by atoms with Crippen LogP contribution < -0.4 is 0 Å². The van der Waals surface area contributed by atoms with Gasteiger partial charge in [0, 0.05) is 159 Å². The molecule has 0 atom stereocenters. The third-order valence-electron chi connectivity index (χ3n) is 22.0. The number of piperidine rings is 2. The maximum Gasteiger partial charge on any atom is 0.451 e. The van der Waals surface area contributed by atoms with E-state index in [1.165, 1.54) is 13.8 Å². The van der Waals surface area contributed by atoms with Crippen LogP contribution in [-0.2, 0) is 121 Å². The number of carbonyl (C=O) groups is 5. The Kier molecular flexibility index (Phi) is 32.3. The van der Waals surface area contributed by atoms with Gasteiger partial charge in [-0.1, -0.05) is 133 Å². The van der Waals surface area contributed by atoms with Gasteiger partial charge in [0.2, 0.25) is 35.4 Å². The van der Waals surface area contributed by atoms with E-state index < -0.39 is 92.9 Å². The summed E-state index contributed by atoms with van der Waals surface area (Å²) in [6.45, 7) is 4.20. The van der Waals surface area contributed by atoms with Gasteiger partial charge in [-0.15, -0.1) is 0 Å². The molecule has 10 heterocycles. The van der Waals surface area contributed by atoms with Gasteiger partial charge in [-0.25, -0.2) is 51.9 Å². The van der Waals surface area contributed by atoms with Gasteiger partial charge < -0.3 is 24.5 Å². The second-order valence-corrected chi connectivity index (χ2v) is 31.2. The topological polar surface area (TPSA) is 179 Å². The summed E-state index contributed by atoms with van der Waals surface area (Å²) >= 11 is 0. The average Bonchev–Trinajstić information content (AvgIpc) is 1.01. The summed E-state index contributed by atoms with van der Waals surface area (Å²) in [4.78, 5) is 88.7. The predicted octanol–water partition coefficient (Wildman–Crippen LogP) is 22.6. The highest BCUT2D eigenvalue weighted by atomic mass is 19.4. The summed E-state index contributed by atoms with van der Waals surface area (Å²) < 4.78 is 260. The van der Waals surface area contributed by atoms with Crippen LogP contribution in [0.15, 0.2) is 164 Å². The summed E-state index contributed by atoms with van der Waals surface area (Å²) in [5.74, 6) is -0.784. The van der Waals surface area contributed by atoms with Crippen molar-refractivity contribution in [3.05, 3.63) is 259 Å². The Labute approximate surface area is 728 Å². The molecule has 5 aliphatic rings. The minimum absolute atomic E-state index is 0.00336. The molecule has 0 spiro atoms. The van der Waals surface area contributed by atoms with Crippen LogP contribution in [0.2, 0.25) is 0 Å². The van der Waals surface area contributed by atoms with Gasteiger partial charge in [0.1, 0.15) is 56.1 Å². The van der Waals surface area contributed by atoms with E-state index in [1.54, 1.807) is 146 Å². The first-order valence-electron chi connectivity index (χ1n) is 41.1. The van der Waals surface area contributed by atoms with Crippen molar-refractivity contribution in [1.82, 2.24) is 54.4 Å². The van der Waals surface area contributed by atoms with Crippen molar-refractivity contribution >= 4 is 29.5 Å². The van der Waals surface area contributed by atoms with Crippen LogP contribution in [0.25, 0.3) is 56.3 Å². The molecule has 684 valence electrons. The number of aryl methyl sites for hydroxylation is 2. The van der Waals surface area contributed by atoms with Gasteiger partial charge in [0.05, 0.1) is 28.5 Å². The van der Waals surface area contributed by atoms with E-state index in [9.17, 15) is 112 Å². The molecule has 5 saturated heterocycles. The SMILES string of the molecule is Cc1cc(C(F)(F)F)nc(-c2ccc(CN3CCCC3=O)cc2)c1CF.Cc1cc(C(F)(F)F)nc(-c2ccc(CN3CCCCC3=O)cc2)c1CF.O=C1CCCCN1Cc1ccc(-c2nc(C(F)(F)F)ccc2CF)cc1.O=C1CCCN1Cc1ccc(-c2nc(C(F)(F)F)ccc2CF)cc1.O=C1CCCN1Cc1ccc(-c2nc(C(F)(F)F)ncc2CF)cc1. The molecule has 0 bridgehead atoms. The number of nitrogens with zero attached hydrogens (tertiary/aromatic N) is 11. The van der Waals surface area contributed by atoms with Crippen LogP contribution in [0, 0.1) is 13.8 Å². The molecule has 0 saturated carbocycles. The van der Waals surface area contributed by atoms with E-state index in [0.717, 1.165) is 115 Å². The molecule has 5 aromatic heterocycles.